The SMILES string of the molecule is NC1=CC(=O)C=C[CH+]1. The molecule has 2 N–H and O–H groups in total. The second-order valence-electron chi connectivity index (χ2n) is 1.57. The first kappa shape index (κ1) is 4.97. The third-order valence-electron chi connectivity index (χ3n) is 0.858. The number of allylic oxidation sites excluding steroid dienone is 3. The second-order valence-corrected chi connectivity index (χ2v) is 1.57. The quantitative estimate of drug-likeness (QED) is 0.449. The third-order valence-corrected chi connectivity index (χ3v) is 0.858. The maximum absolute atomic E-state index is 10.4. The van der Waals surface area contributed by atoms with Gasteiger partial charge < -0.3 is 5.73 Å². The Morgan fingerprint density at radius 3 is 2.75 bits per heavy atom. The van der Waals surface area contributed by atoms with Gasteiger partial charge in [-0.25, -0.2) is 0 Å². The van der Waals surface area contributed by atoms with Crippen molar-refractivity contribution in [2.24, 2.45) is 5.73 Å². The van der Waals surface area contributed by atoms with Crippen LogP contribution in [0.15, 0.2) is 23.9 Å². The van der Waals surface area contributed by atoms with Crippen LogP contribution in [0.4, 0.5) is 0 Å². The van der Waals surface area contributed by atoms with Crippen molar-refractivity contribution in [1.29, 1.82) is 0 Å². The number of nitrogens with two attached hydrogens (primary N) is 1. The predicted molar refractivity (Wildman–Crippen MR) is 30.7 cm³/mol. The zero-order chi connectivity index (χ0) is 5.98. The molecule has 0 aromatic rings. The Morgan fingerprint density at radius 1 is 1.62 bits per heavy atom. The molecule has 1 aliphatic rings. The lowest BCUT2D eigenvalue weighted by Crippen LogP contribution is -2.03. The molecule has 0 radical (unpaired) electrons. The van der Waals surface area contributed by atoms with E-state index in [2.05, 4.69) is 0 Å². The van der Waals surface area contributed by atoms with Gasteiger partial charge in [-0.05, 0) is 0 Å². The monoisotopic (exact) mass is 108 g/mol. The van der Waals surface area contributed by atoms with Gasteiger partial charge in [-0.1, -0.05) is 0 Å². The van der Waals surface area contributed by atoms with Crippen molar-refractivity contribution in [2.45, 2.75) is 0 Å². The zero-order valence-corrected chi connectivity index (χ0v) is 4.29. The molecule has 0 atom stereocenters. The molecule has 0 spiro atoms. The molecule has 0 aliphatic heterocycles. The van der Waals surface area contributed by atoms with Crippen molar-refractivity contribution < 1.29 is 4.79 Å². The van der Waals surface area contributed by atoms with Crippen LogP contribution in [0.1, 0.15) is 0 Å². The van der Waals surface area contributed by atoms with E-state index in [0.29, 0.717) is 5.70 Å². The Labute approximate surface area is 47.7 Å². The van der Waals surface area contributed by atoms with Crippen molar-refractivity contribution in [3.05, 3.63) is 30.3 Å². The van der Waals surface area contributed by atoms with E-state index in [1.165, 1.54) is 12.2 Å². The van der Waals surface area contributed by atoms with Crippen LogP contribution in [0.2, 0.25) is 0 Å². The number of carbonyl (C=O) groups excluding carboxylic acids is 1. The maximum atomic E-state index is 10.4. The first-order valence-corrected chi connectivity index (χ1v) is 2.31. The lowest BCUT2D eigenvalue weighted by molar-refractivity contribution is -0.110. The summed E-state index contributed by atoms with van der Waals surface area (Å²) in [5.41, 5.74) is 5.78. The smallest absolute Gasteiger partial charge is 0.287 e. The van der Waals surface area contributed by atoms with Gasteiger partial charge in [0.1, 0.15) is 11.8 Å². The number of hydrogen-bond donors (Lipinski definition) is 1. The molecular formula is C6H6NO+. The summed E-state index contributed by atoms with van der Waals surface area (Å²) in [5, 5.41) is 0. The largest absolute Gasteiger partial charge is 0.377 e. The van der Waals surface area contributed by atoms with E-state index in [9.17, 15) is 4.79 Å². The highest BCUT2D eigenvalue weighted by Gasteiger charge is 2.07. The van der Waals surface area contributed by atoms with E-state index < -0.39 is 0 Å². The molecule has 2 heteroatoms. The summed E-state index contributed by atoms with van der Waals surface area (Å²) in [4.78, 5) is 10.4. The van der Waals surface area contributed by atoms with Gasteiger partial charge in [0.15, 0.2) is 0 Å². The van der Waals surface area contributed by atoms with Crippen LogP contribution in [0.25, 0.3) is 0 Å². The third kappa shape index (κ3) is 0.904. The minimum Gasteiger partial charge on any atom is -0.377 e. The van der Waals surface area contributed by atoms with Gasteiger partial charge in [0, 0.05) is 0 Å². The average molecular weight is 108 g/mol. The Kier molecular flexibility index (Phi) is 1.08. The second kappa shape index (κ2) is 1.74. The Morgan fingerprint density at radius 2 is 2.38 bits per heavy atom. The van der Waals surface area contributed by atoms with Gasteiger partial charge in [0.2, 0.25) is 0 Å². The normalized spacial score (nSPS) is 17.5. The maximum Gasteiger partial charge on any atom is 0.287 e. The molecule has 40 valence electrons. The molecule has 0 aromatic carbocycles. The fourth-order valence-electron chi connectivity index (χ4n) is 0.515. The molecule has 0 bridgehead atoms. The number of hydrogen-bond acceptors (Lipinski definition) is 2. The summed E-state index contributed by atoms with van der Waals surface area (Å²) in [7, 11) is 0. The van der Waals surface area contributed by atoms with Crippen LogP contribution in [0.3, 0.4) is 0 Å². The molecule has 0 amide bonds. The molecule has 1 aliphatic carbocycles. The highest BCUT2D eigenvalue weighted by atomic mass is 16.1. The molecule has 2 nitrogen and oxygen atoms in total. The van der Waals surface area contributed by atoms with E-state index in [-0.39, 0.29) is 5.78 Å². The van der Waals surface area contributed by atoms with Crippen molar-refractivity contribution in [3.63, 3.8) is 0 Å². The Hall–Kier alpha value is -1.18. The average Bonchev–Trinajstić information content (AvgIpc) is 1.64. The topological polar surface area (TPSA) is 43.1 Å². The van der Waals surface area contributed by atoms with E-state index in [1.807, 2.05) is 0 Å². The van der Waals surface area contributed by atoms with Crippen molar-refractivity contribution in [2.75, 3.05) is 0 Å². The number of ketones is 1. The van der Waals surface area contributed by atoms with Gasteiger partial charge in [-0.15, -0.1) is 0 Å². The van der Waals surface area contributed by atoms with E-state index in [4.69, 9.17) is 5.73 Å². The lowest BCUT2D eigenvalue weighted by Gasteiger charge is -1.88. The van der Waals surface area contributed by atoms with Gasteiger partial charge in [-0.3, -0.25) is 4.79 Å². The molecule has 0 fully saturated rings. The fourth-order valence-corrected chi connectivity index (χ4v) is 0.515. The van der Waals surface area contributed by atoms with E-state index >= 15 is 0 Å². The summed E-state index contributed by atoms with van der Waals surface area (Å²) in [6.45, 7) is 0. The molecular weight excluding hydrogens is 102 g/mol. The van der Waals surface area contributed by atoms with Crippen molar-refractivity contribution >= 4 is 5.78 Å². The van der Waals surface area contributed by atoms with E-state index in [0.717, 1.165) is 0 Å². The van der Waals surface area contributed by atoms with Crippen LogP contribution in [-0.4, -0.2) is 5.78 Å². The summed E-state index contributed by atoms with van der Waals surface area (Å²) < 4.78 is 0. The van der Waals surface area contributed by atoms with Gasteiger partial charge >= 0.3 is 0 Å². The van der Waals surface area contributed by atoms with Gasteiger partial charge in [0.05, 0.1) is 18.6 Å². The molecule has 8 heavy (non-hydrogen) atoms. The van der Waals surface area contributed by atoms with Crippen LogP contribution in [0, 0.1) is 6.42 Å². The Balaban J connectivity index is 2.74. The van der Waals surface area contributed by atoms with Crippen LogP contribution < -0.4 is 5.73 Å². The molecule has 0 saturated carbocycles. The molecule has 0 unspecified atom stereocenters. The first-order valence-electron chi connectivity index (χ1n) is 2.31. The van der Waals surface area contributed by atoms with E-state index in [1.54, 1.807) is 12.5 Å². The molecule has 0 aromatic heterocycles. The summed E-state index contributed by atoms with van der Waals surface area (Å²) in [5.74, 6) is -0.0370. The predicted octanol–water partition coefficient (Wildman–Crippen LogP) is 0.172. The summed E-state index contributed by atoms with van der Waals surface area (Å²) in [6, 6.07) is 0. The van der Waals surface area contributed by atoms with Crippen LogP contribution in [-0.2, 0) is 4.79 Å². The van der Waals surface area contributed by atoms with Gasteiger partial charge in [-0.2, -0.15) is 0 Å². The minimum atomic E-state index is -0.0370. The summed E-state index contributed by atoms with van der Waals surface area (Å²) in [6.07, 6.45) is 6.18. The van der Waals surface area contributed by atoms with Gasteiger partial charge in [0.25, 0.3) is 5.78 Å². The highest BCUT2D eigenvalue weighted by molar-refractivity contribution is 6.01. The Bertz CT molecular complexity index is 167. The van der Waals surface area contributed by atoms with Crippen molar-refractivity contribution in [1.82, 2.24) is 0 Å². The number of carbonyl (C=O) groups is 1. The fraction of sp³-hybridized carbons (Fsp3) is 0. The molecule has 0 saturated heterocycles. The minimum absolute atomic E-state index is 0.0370. The van der Waals surface area contributed by atoms with Crippen LogP contribution >= 0.6 is 0 Å². The van der Waals surface area contributed by atoms with Crippen molar-refractivity contribution in [3.8, 4) is 0 Å². The lowest BCUT2D eigenvalue weighted by atomic mass is 10.1. The molecule has 1 rings (SSSR count). The zero-order valence-electron chi connectivity index (χ0n) is 4.29. The summed E-state index contributed by atoms with van der Waals surface area (Å²) >= 11 is 0. The number of rotatable bonds is 0. The van der Waals surface area contributed by atoms with Crippen LogP contribution in [0.5, 0.6) is 0 Å². The highest BCUT2D eigenvalue weighted by Crippen LogP contribution is 1.99. The standard InChI is InChI=1S/C6H5NO/c7-5-2-1-3-6(8)4-5/h1-4H,(H-,7,8)/p+1. The molecule has 0 heterocycles. The first-order chi connectivity index (χ1) is 3.79.